The number of sulfonamides is 1. The predicted molar refractivity (Wildman–Crippen MR) is 142 cm³/mol. The molecule has 202 valence electrons. The average molecular weight is 559 g/mol. The van der Waals surface area contributed by atoms with Gasteiger partial charge >= 0.3 is 0 Å². The van der Waals surface area contributed by atoms with Crippen LogP contribution in [-0.2, 0) is 33.1 Å². The van der Waals surface area contributed by atoms with Crippen LogP contribution in [-0.4, -0.2) is 65.5 Å². The number of aromatic nitrogens is 2. The number of carbonyl (C=O) groups is 3. The first-order valence-corrected chi connectivity index (χ1v) is 14.4. The van der Waals surface area contributed by atoms with Gasteiger partial charge < -0.3 is 16.0 Å². The Balaban J connectivity index is 1.58. The third kappa shape index (κ3) is 6.29. The number of amides is 3. The number of benzene rings is 1. The number of aryl methyl sites for hydroxylation is 2. The van der Waals surface area contributed by atoms with Gasteiger partial charge in [-0.25, -0.2) is 13.1 Å². The number of nitrogens with zero attached hydrogens (tertiary/aromatic N) is 3. The molecule has 3 aromatic rings. The van der Waals surface area contributed by atoms with E-state index in [1.54, 1.807) is 31.5 Å². The van der Waals surface area contributed by atoms with Gasteiger partial charge in [0.2, 0.25) is 21.8 Å². The molecule has 2 aromatic heterocycles. The number of piperidine rings is 1. The summed E-state index contributed by atoms with van der Waals surface area (Å²) in [5, 5.41) is 8.59. The Hall–Kier alpha value is -3.55. The summed E-state index contributed by atoms with van der Waals surface area (Å²) in [6.45, 7) is 1.88. The van der Waals surface area contributed by atoms with Gasteiger partial charge in [0.1, 0.15) is 22.0 Å². The van der Waals surface area contributed by atoms with Gasteiger partial charge in [-0.3, -0.25) is 19.1 Å². The Bertz CT molecular complexity index is 1410. The Labute approximate surface area is 225 Å². The molecule has 4 rings (SSSR count). The molecule has 11 nitrogen and oxygen atoms in total. The van der Waals surface area contributed by atoms with E-state index < -0.39 is 45.9 Å². The summed E-state index contributed by atoms with van der Waals surface area (Å²) in [4.78, 5) is 40.7. The van der Waals surface area contributed by atoms with Crippen molar-refractivity contribution in [3.05, 3.63) is 70.9 Å². The van der Waals surface area contributed by atoms with Crippen molar-refractivity contribution in [1.82, 2.24) is 24.7 Å². The van der Waals surface area contributed by atoms with Crippen molar-refractivity contribution in [2.45, 2.75) is 48.5 Å². The van der Waals surface area contributed by atoms with Crippen LogP contribution in [0.4, 0.5) is 0 Å². The van der Waals surface area contributed by atoms with E-state index in [4.69, 9.17) is 5.73 Å². The Kier molecular flexibility index (Phi) is 8.29. The molecule has 1 saturated heterocycles. The Morgan fingerprint density at radius 3 is 2.53 bits per heavy atom. The molecule has 38 heavy (non-hydrogen) atoms. The molecule has 3 heterocycles. The summed E-state index contributed by atoms with van der Waals surface area (Å²) >= 11 is 1.09. The highest BCUT2D eigenvalue weighted by molar-refractivity contribution is 7.91. The van der Waals surface area contributed by atoms with Crippen molar-refractivity contribution < 1.29 is 22.8 Å². The van der Waals surface area contributed by atoms with Gasteiger partial charge in [0.25, 0.3) is 5.91 Å². The monoisotopic (exact) mass is 558 g/mol. The fraction of sp³-hybridized carbons (Fsp3) is 0.360. The van der Waals surface area contributed by atoms with Crippen LogP contribution < -0.4 is 15.8 Å². The fourth-order valence-corrected chi connectivity index (χ4v) is 6.85. The van der Waals surface area contributed by atoms with E-state index in [1.165, 1.54) is 15.6 Å². The number of nitrogens with two attached hydrogens (primary N) is 1. The van der Waals surface area contributed by atoms with Crippen molar-refractivity contribution in [2.24, 2.45) is 12.8 Å². The second-order valence-electron chi connectivity index (χ2n) is 9.24. The molecular formula is C25H30N6O5S2. The minimum atomic E-state index is -3.79. The second kappa shape index (κ2) is 11.5. The van der Waals surface area contributed by atoms with E-state index in [0.29, 0.717) is 17.8 Å². The van der Waals surface area contributed by atoms with Gasteiger partial charge in [-0.1, -0.05) is 36.4 Å². The van der Waals surface area contributed by atoms with Gasteiger partial charge in [-0.05, 0) is 42.8 Å². The van der Waals surface area contributed by atoms with Crippen LogP contribution in [0.2, 0.25) is 0 Å². The molecule has 4 N–H and O–H groups in total. The molecule has 0 spiro atoms. The van der Waals surface area contributed by atoms with Gasteiger partial charge in [0.05, 0.1) is 5.69 Å². The lowest BCUT2D eigenvalue weighted by atomic mass is 9.96. The highest BCUT2D eigenvalue weighted by Crippen LogP contribution is 2.24. The summed E-state index contributed by atoms with van der Waals surface area (Å²) in [5.41, 5.74) is 7.35. The molecule has 0 bridgehead atoms. The standard InChI is InChI=1S/C25H30N6O5S2/c1-16-13-21(30(2)28-16)25(34)31-11-10-18(29-38(35,36)22-9-6-12-37-22)15-20(31)24(33)27-19(23(26)32)14-17-7-4-3-5-8-17/h3-9,12-13,18-20,29H,10-11,14-15H2,1-2H3,(H2,26,32)(H,27,33). The number of thiophene rings is 1. The van der Waals surface area contributed by atoms with Gasteiger partial charge in [0, 0.05) is 26.1 Å². The normalized spacial score (nSPS) is 18.6. The van der Waals surface area contributed by atoms with E-state index in [1.807, 2.05) is 30.3 Å². The second-order valence-corrected chi connectivity index (χ2v) is 12.1. The maximum atomic E-state index is 13.6. The van der Waals surface area contributed by atoms with Crippen LogP contribution in [0.1, 0.15) is 34.6 Å². The van der Waals surface area contributed by atoms with Crippen LogP contribution in [0.25, 0.3) is 0 Å². The average Bonchev–Trinajstić information content (AvgIpc) is 3.54. The van der Waals surface area contributed by atoms with E-state index >= 15 is 0 Å². The molecule has 0 radical (unpaired) electrons. The zero-order chi connectivity index (χ0) is 27.4. The van der Waals surface area contributed by atoms with E-state index in [2.05, 4.69) is 15.1 Å². The van der Waals surface area contributed by atoms with Crippen LogP contribution in [0, 0.1) is 6.92 Å². The van der Waals surface area contributed by atoms with E-state index in [-0.39, 0.29) is 23.6 Å². The van der Waals surface area contributed by atoms with Crippen molar-refractivity contribution in [2.75, 3.05) is 6.54 Å². The first kappa shape index (κ1) is 27.5. The quantitative estimate of drug-likeness (QED) is 0.355. The first-order valence-electron chi connectivity index (χ1n) is 12.1. The molecule has 13 heteroatoms. The maximum absolute atomic E-state index is 13.6. The number of rotatable bonds is 9. The minimum Gasteiger partial charge on any atom is -0.368 e. The van der Waals surface area contributed by atoms with Crippen LogP contribution in [0.5, 0.6) is 0 Å². The Morgan fingerprint density at radius 2 is 1.92 bits per heavy atom. The lowest BCUT2D eigenvalue weighted by molar-refractivity contribution is -0.131. The van der Waals surface area contributed by atoms with Crippen LogP contribution in [0.3, 0.4) is 0 Å². The fourth-order valence-electron chi connectivity index (χ4n) is 4.56. The minimum absolute atomic E-state index is 0.0236. The van der Waals surface area contributed by atoms with E-state index in [9.17, 15) is 22.8 Å². The molecule has 1 aliphatic heterocycles. The number of hydrogen-bond acceptors (Lipinski definition) is 7. The molecule has 3 amide bonds. The highest BCUT2D eigenvalue weighted by Gasteiger charge is 2.40. The van der Waals surface area contributed by atoms with Gasteiger partial charge in [-0.2, -0.15) is 5.10 Å². The third-order valence-corrected chi connectivity index (χ3v) is 9.33. The highest BCUT2D eigenvalue weighted by atomic mass is 32.2. The van der Waals surface area contributed by atoms with Crippen LogP contribution in [0.15, 0.2) is 58.1 Å². The first-order chi connectivity index (χ1) is 18.0. The molecule has 0 aliphatic carbocycles. The molecular weight excluding hydrogens is 528 g/mol. The Morgan fingerprint density at radius 1 is 1.18 bits per heavy atom. The zero-order valence-electron chi connectivity index (χ0n) is 21.0. The molecule has 3 atom stereocenters. The lowest BCUT2D eigenvalue weighted by Crippen LogP contribution is -2.59. The lowest BCUT2D eigenvalue weighted by Gasteiger charge is -2.39. The summed E-state index contributed by atoms with van der Waals surface area (Å²) in [7, 11) is -2.15. The zero-order valence-corrected chi connectivity index (χ0v) is 22.7. The molecule has 1 aliphatic rings. The summed E-state index contributed by atoms with van der Waals surface area (Å²) in [6.07, 6.45) is 0.508. The number of hydrogen-bond donors (Lipinski definition) is 3. The predicted octanol–water partition coefficient (Wildman–Crippen LogP) is 0.955. The summed E-state index contributed by atoms with van der Waals surface area (Å²) < 4.78 is 30.0. The van der Waals surface area contributed by atoms with Crippen molar-refractivity contribution in [1.29, 1.82) is 0 Å². The maximum Gasteiger partial charge on any atom is 0.272 e. The molecule has 1 fully saturated rings. The molecule has 1 aromatic carbocycles. The molecule has 0 saturated carbocycles. The number of carbonyl (C=O) groups excluding carboxylic acids is 3. The number of nitrogens with one attached hydrogen (secondary N) is 2. The topological polar surface area (TPSA) is 156 Å². The van der Waals surface area contributed by atoms with Crippen LogP contribution >= 0.6 is 11.3 Å². The number of likely N-dealkylation sites (tertiary alicyclic amines) is 1. The molecule has 3 unspecified atom stereocenters. The summed E-state index contributed by atoms with van der Waals surface area (Å²) in [5.74, 6) is -1.71. The SMILES string of the molecule is Cc1cc(C(=O)N2CCC(NS(=O)(=O)c3cccs3)CC2C(=O)NC(Cc2ccccc2)C(N)=O)n(C)n1. The summed E-state index contributed by atoms with van der Waals surface area (Å²) in [6, 6.07) is 11.2. The van der Waals surface area contributed by atoms with Crippen molar-refractivity contribution >= 4 is 39.1 Å². The van der Waals surface area contributed by atoms with Crippen molar-refractivity contribution in [3.8, 4) is 0 Å². The van der Waals surface area contributed by atoms with Gasteiger partial charge in [0.15, 0.2) is 0 Å². The van der Waals surface area contributed by atoms with Crippen molar-refractivity contribution in [3.63, 3.8) is 0 Å². The smallest absolute Gasteiger partial charge is 0.272 e. The van der Waals surface area contributed by atoms with E-state index in [0.717, 1.165) is 16.9 Å². The largest absolute Gasteiger partial charge is 0.368 e. The third-order valence-electron chi connectivity index (χ3n) is 6.41. The number of primary amides is 1. The van der Waals surface area contributed by atoms with Gasteiger partial charge in [-0.15, -0.1) is 11.3 Å².